The third kappa shape index (κ3) is 5.03. The summed E-state index contributed by atoms with van der Waals surface area (Å²) in [6.45, 7) is 1.49. The molecule has 2 aliphatic heterocycles. The Kier molecular flexibility index (Phi) is 6.73. The second kappa shape index (κ2) is 10.1. The molecule has 0 aromatic heterocycles. The highest BCUT2D eigenvalue weighted by Crippen LogP contribution is 2.42. The molecule has 0 unspecified atom stereocenters. The van der Waals surface area contributed by atoms with E-state index in [0.717, 1.165) is 37.2 Å². The largest absolute Gasteiger partial charge is 0.339 e. The van der Waals surface area contributed by atoms with Crippen molar-refractivity contribution in [2.24, 2.45) is 5.92 Å². The number of likely N-dealkylation sites (N-methyl/N-ethyl adjacent to an activating group) is 1. The van der Waals surface area contributed by atoms with Crippen molar-refractivity contribution >= 4 is 35.3 Å². The van der Waals surface area contributed by atoms with E-state index in [-0.39, 0.29) is 17.6 Å². The summed E-state index contributed by atoms with van der Waals surface area (Å²) in [6, 6.07) is 22.4. The number of thioether (sulfide) groups is 1. The van der Waals surface area contributed by atoms with Crippen molar-refractivity contribution in [3.63, 3.8) is 0 Å². The predicted molar refractivity (Wildman–Crippen MR) is 139 cm³/mol. The molecule has 5 rings (SSSR count). The number of halogens is 1. The fourth-order valence-corrected chi connectivity index (χ4v) is 5.81. The van der Waals surface area contributed by atoms with E-state index in [1.807, 2.05) is 23.1 Å². The normalized spacial score (nSPS) is 17.5. The first-order valence-corrected chi connectivity index (χ1v) is 12.7. The minimum Gasteiger partial charge on any atom is -0.339 e. The minimum atomic E-state index is -0.365. The molecule has 35 heavy (non-hydrogen) atoms. The van der Waals surface area contributed by atoms with Crippen LogP contribution in [-0.4, -0.2) is 36.9 Å². The van der Waals surface area contributed by atoms with Gasteiger partial charge in [-0.2, -0.15) is 0 Å². The maximum absolute atomic E-state index is 14.1. The zero-order chi connectivity index (χ0) is 24.4. The van der Waals surface area contributed by atoms with Gasteiger partial charge < -0.3 is 9.80 Å². The third-order valence-corrected chi connectivity index (χ3v) is 7.84. The smallest absolute Gasteiger partial charge is 0.264 e. The Bertz CT molecular complexity index is 1280. The quantitative estimate of drug-likeness (QED) is 0.423. The number of likely N-dealkylation sites (tertiary alicyclic amines) is 1. The molecule has 1 saturated heterocycles. The van der Waals surface area contributed by atoms with E-state index in [2.05, 4.69) is 24.3 Å². The molecule has 0 bridgehead atoms. The van der Waals surface area contributed by atoms with Crippen molar-refractivity contribution in [3.8, 4) is 0 Å². The molecule has 0 atom stereocenters. The molecule has 1 fully saturated rings. The fraction of sp³-hybridized carbons (Fsp3) is 0.241. The summed E-state index contributed by atoms with van der Waals surface area (Å²) in [6.07, 6.45) is 4.61. The summed E-state index contributed by atoms with van der Waals surface area (Å²) < 4.78 is 14.1. The van der Waals surface area contributed by atoms with Crippen LogP contribution in [0.2, 0.25) is 0 Å². The maximum Gasteiger partial charge on any atom is 0.264 e. The predicted octanol–water partition coefficient (Wildman–Crippen LogP) is 6.03. The number of benzene rings is 3. The summed E-state index contributed by atoms with van der Waals surface area (Å²) in [4.78, 5) is 31.0. The number of amides is 2. The first-order chi connectivity index (χ1) is 17.0. The Balaban J connectivity index is 1.28. The van der Waals surface area contributed by atoms with Crippen LogP contribution in [0.4, 0.5) is 10.1 Å². The number of hydrogen-bond donors (Lipinski definition) is 0. The Labute approximate surface area is 209 Å². The van der Waals surface area contributed by atoms with Crippen LogP contribution in [-0.2, 0) is 11.2 Å². The van der Waals surface area contributed by atoms with E-state index >= 15 is 0 Å². The molecule has 178 valence electrons. The molecule has 0 spiro atoms. The van der Waals surface area contributed by atoms with Crippen molar-refractivity contribution in [2.45, 2.75) is 24.2 Å². The molecule has 4 nitrogen and oxygen atoms in total. The topological polar surface area (TPSA) is 40.6 Å². The summed E-state index contributed by atoms with van der Waals surface area (Å²) in [5, 5.41) is 0. The highest BCUT2D eigenvalue weighted by molar-refractivity contribution is 8.04. The van der Waals surface area contributed by atoms with Crippen LogP contribution < -0.4 is 4.90 Å². The number of carbonyl (C=O) groups excluding carboxylic acids is 2. The first kappa shape index (κ1) is 23.4. The molecular formula is C29H27FN2O2S. The Morgan fingerprint density at radius 3 is 2.49 bits per heavy atom. The van der Waals surface area contributed by atoms with Crippen LogP contribution in [0.15, 0.2) is 82.6 Å². The number of anilines is 1. The monoisotopic (exact) mass is 486 g/mol. The van der Waals surface area contributed by atoms with E-state index < -0.39 is 0 Å². The SMILES string of the molecule is CN1C(=O)C(=Cc2ccccc2F)Sc2ccc(C(=O)N3CCC(Cc4ccccc4)CC3)cc21. The lowest BCUT2D eigenvalue weighted by molar-refractivity contribution is -0.114. The lowest BCUT2D eigenvalue weighted by atomic mass is 9.90. The van der Waals surface area contributed by atoms with E-state index in [1.165, 1.54) is 23.4 Å². The lowest BCUT2D eigenvalue weighted by Crippen LogP contribution is -2.39. The fourth-order valence-electron chi connectivity index (χ4n) is 4.73. The van der Waals surface area contributed by atoms with Gasteiger partial charge in [-0.15, -0.1) is 0 Å². The van der Waals surface area contributed by atoms with Gasteiger partial charge in [0.1, 0.15) is 5.82 Å². The first-order valence-electron chi connectivity index (χ1n) is 11.9. The van der Waals surface area contributed by atoms with Gasteiger partial charge in [0.05, 0.1) is 10.6 Å². The van der Waals surface area contributed by atoms with Crippen molar-refractivity contribution in [3.05, 3.63) is 100 Å². The van der Waals surface area contributed by atoms with E-state index in [1.54, 1.807) is 42.3 Å². The second-order valence-corrected chi connectivity index (χ2v) is 10.2. The van der Waals surface area contributed by atoms with Crippen LogP contribution in [0.1, 0.15) is 34.3 Å². The molecule has 2 aliphatic rings. The highest BCUT2D eigenvalue weighted by Gasteiger charge is 2.29. The molecule has 0 saturated carbocycles. The zero-order valence-electron chi connectivity index (χ0n) is 19.6. The molecule has 3 aromatic carbocycles. The van der Waals surface area contributed by atoms with Gasteiger partial charge in [-0.3, -0.25) is 9.59 Å². The van der Waals surface area contributed by atoms with Crippen LogP contribution in [0.3, 0.4) is 0 Å². The standard InChI is InChI=1S/C29H27FN2O2S/c1-31-25-18-23(28(33)32-15-13-21(14-16-32)17-20-7-3-2-4-8-20)11-12-26(25)35-27(29(31)34)19-22-9-5-6-10-24(22)30/h2-12,18-19,21H,13-17H2,1H3. The van der Waals surface area contributed by atoms with E-state index in [9.17, 15) is 14.0 Å². The van der Waals surface area contributed by atoms with Gasteiger partial charge in [0.25, 0.3) is 11.8 Å². The van der Waals surface area contributed by atoms with Crippen LogP contribution in [0.25, 0.3) is 6.08 Å². The molecule has 0 N–H and O–H groups in total. The molecule has 6 heteroatoms. The van der Waals surface area contributed by atoms with E-state index in [4.69, 9.17) is 0 Å². The molecule has 2 amide bonds. The van der Waals surface area contributed by atoms with Crippen molar-refractivity contribution < 1.29 is 14.0 Å². The van der Waals surface area contributed by atoms with Crippen molar-refractivity contribution in [1.82, 2.24) is 4.90 Å². The number of rotatable bonds is 4. The van der Waals surface area contributed by atoms with E-state index in [0.29, 0.717) is 27.6 Å². The number of fused-ring (bicyclic) bond motifs is 1. The average molecular weight is 487 g/mol. The Morgan fingerprint density at radius 1 is 1.03 bits per heavy atom. The number of hydrogen-bond acceptors (Lipinski definition) is 3. The zero-order valence-corrected chi connectivity index (χ0v) is 20.4. The van der Waals surface area contributed by atoms with Gasteiger partial charge in [0, 0.05) is 36.2 Å². The lowest BCUT2D eigenvalue weighted by Gasteiger charge is -2.33. The van der Waals surface area contributed by atoms with Gasteiger partial charge in [0.15, 0.2) is 0 Å². The highest BCUT2D eigenvalue weighted by atomic mass is 32.2. The molecule has 2 heterocycles. The molecule has 0 radical (unpaired) electrons. The summed E-state index contributed by atoms with van der Waals surface area (Å²) in [5.74, 6) is 0.0155. The number of nitrogens with zero attached hydrogens (tertiary/aromatic N) is 2. The minimum absolute atomic E-state index is 0.00417. The Morgan fingerprint density at radius 2 is 1.74 bits per heavy atom. The van der Waals surface area contributed by atoms with Gasteiger partial charge >= 0.3 is 0 Å². The molecule has 3 aromatic rings. The maximum atomic E-state index is 14.1. The van der Waals surface area contributed by atoms with Gasteiger partial charge in [-0.05, 0) is 61.1 Å². The van der Waals surface area contributed by atoms with Gasteiger partial charge in [-0.25, -0.2) is 4.39 Å². The van der Waals surface area contributed by atoms with Gasteiger partial charge in [-0.1, -0.05) is 60.3 Å². The summed E-state index contributed by atoms with van der Waals surface area (Å²) >= 11 is 1.31. The van der Waals surface area contributed by atoms with Crippen molar-refractivity contribution in [2.75, 3.05) is 25.0 Å². The Hall–Kier alpha value is -3.38. The molecular weight excluding hydrogens is 459 g/mol. The molecule has 0 aliphatic carbocycles. The van der Waals surface area contributed by atoms with Crippen LogP contribution >= 0.6 is 11.8 Å². The number of piperidine rings is 1. The average Bonchev–Trinajstić information content (AvgIpc) is 2.89. The van der Waals surface area contributed by atoms with Crippen LogP contribution in [0, 0.1) is 11.7 Å². The number of carbonyl (C=O) groups is 2. The van der Waals surface area contributed by atoms with Crippen LogP contribution in [0.5, 0.6) is 0 Å². The second-order valence-electron chi connectivity index (χ2n) is 9.10. The summed E-state index contributed by atoms with van der Waals surface area (Å²) in [5.41, 5.74) is 3.02. The third-order valence-electron chi connectivity index (χ3n) is 6.76. The van der Waals surface area contributed by atoms with Gasteiger partial charge in [0.2, 0.25) is 0 Å². The van der Waals surface area contributed by atoms with Crippen molar-refractivity contribution in [1.29, 1.82) is 0 Å². The summed E-state index contributed by atoms with van der Waals surface area (Å²) in [7, 11) is 1.69.